The van der Waals surface area contributed by atoms with Gasteiger partial charge in [0.1, 0.15) is 0 Å². The number of aromatic amines is 1. The van der Waals surface area contributed by atoms with E-state index in [1.165, 1.54) is 0 Å². The molecule has 0 saturated carbocycles. The molecule has 1 aromatic carbocycles. The van der Waals surface area contributed by atoms with Gasteiger partial charge in [0, 0.05) is 11.9 Å². The lowest BCUT2D eigenvalue weighted by molar-refractivity contribution is 0.0505. The molecule has 1 aromatic heterocycles. The van der Waals surface area contributed by atoms with Crippen LogP contribution in [0.2, 0.25) is 0 Å². The molecule has 0 bridgehead atoms. The fourth-order valence-electron chi connectivity index (χ4n) is 1.80. The first-order valence-corrected chi connectivity index (χ1v) is 6.18. The van der Waals surface area contributed by atoms with Gasteiger partial charge in [0.15, 0.2) is 0 Å². The predicted octanol–water partition coefficient (Wildman–Crippen LogP) is 2.04. The van der Waals surface area contributed by atoms with Crippen molar-refractivity contribution in [2.45, 2.75) is 20.3 Å². The van der Waals surface area contributed by atoms with Crippen LogP contribution in [-0.4, -0.2) is 22.1 Å². The number of rotatable bonds is 4. The van der Waals surface area contributed by atoms with Gasteiger partial charge in [0.2, 0.25) is 0 Å². The minimum atomic E-state index is -0.341. The molecule has 19 heavy (non-hydrogen) atoms. The number of carbonyl (C=O) groups is 1. The van der Waals surface area contributed by atoms with E-state index in [9.17, 15) is 9.59 Å². The number of H-pyrrole nitrogens is 1. The Bertz CT molecular complexity index is 623. The Morgan fingerprint density at radius 1 is 1.32 bits per heavy atom. The number of esters is 1. The third-order valence-electron chi connectivity index (χ3n) is 2.76. The molecule has 0 spiro atoms. The van der Waals surface area contributed by atoms with Crippen LogP contribution in [0.4, 0.5) is 0 Å². The van der Waals surface area contributed by atoms with Crippen molar-refractivity contribution in [3.63, 3.8) is 0 Å². The molecular weight excluding hydrogens is 244 g/mol. The number of benzene rings is 1. The first-order chi connectivity index (χ1) is 9.13. The SMILES string of the molecule is CCCOC(=O)c1ccc(-n2c(C)c[nH]c2=O)cc1. The maximum absolute atomic E-state index is 11.6. The summed E-state index contributed by atoms with van der Waals surface area (Å²) in [6, 6.07) is 6.77. The van der Waals surface area contributed by atoms with Crippen LogP contribution in [0.1, 0.15) is 29.4 Å². The van der Waals surface area contributed by atoms with Crippen molar-refractivity contribution < 1.29 is 9.53 Å². The molecule has 0 atom stereocenters. The van der Waals surface area contributed by atoms with Gasteiger partial charge >= 0.3 is 11.7 Å². The first-order valence-electron chi connectivity index (χ1n) is 6.18. The first kappa shape index (κ1) is 13.1. The second-order valence-electron chi connectivity index (χ2n) is 4.25. The number of carbonyl (C=O) groups excluding carboxylic acids is 1. The highest BCUT2D eigenvalue weighted by Crippen LogP contribution is 2.11. The molecule has 2 aromatic rings. The molecule has 5 heteroatoms. The molecule has 0 aliphatic rings. The molecule has 0 saturated heterocycles. The van der Waals surface area contributed by atoms with Crippen LogP contribution in [0.25, 0.3) is 5.69 Å². The number of imidazole rings is 1. The second-order valence-corrected chi connectivity index (χ2v) is 4.25. The van der Waals surface area contributed by atoms with Gasteiger partial charge in [0.25, 0.3) is 0 Å². The van der Waals surface area contributed by atoms with Crippen molar-refractivity contribution in [2.24, 2.45) is 0 Å². The van der Waals surface area contributed by atoms with E-state index < -0.39 is 0 Å². The Hall–Kier alpha value is -2.30. The quantitative estimate of drug-likeness (QED) is 0.855. The van der Waals surface area contributed by atoms with E-state index in [4.69, 9.17) is 4.74 Å². The van der Waals surface area contributed by atoms with E-state index in [1.807, 2.05) is 13.8 Å². The van der Waals surface area contributed by atoms with E-state index >= 15 is 0 Å². The van der Waals surface area contributed by atoms with Crippen molar-refractivity contribution in [1.29, 1.82) is 0 Å². The Balaban J connectivity index is 2.24. The number of nitrogens with zero attached hydrogens (tertiary/aromatic N) is 1. The summed E-state index contributed by atoms with van der Waals surface area (Å²) in [4.78, 5) is 25.9. The van der Waals surface area contributed by atoms with Crippen molar-refractivity contribution in [1.82, 2.24) is 9.55 Å². The van der Waals surface area contributed by atoms with Crippen molar-refractivity contribution in [2.75, 3.05) is 6.61 Å². The van der Waals surface area contributed by atoms with E-state index in [0.29, 0.717) is 12.2 Å². The topological polar surface area (TPSA) is 64.1 Å². The zero-order valence-corrected chi connectivity index (χ0v) is 11.0. The number of hydrogen-bond acceptors (Lipinski definition) is 3. The van der Waals surface area contributed by atoms with Crippen LogP contribution in [-0.2, 0) is 4.74 Å². The van der Waals surface area contributed by atoms with Gasteiger partial charge in [-0.3, -0.25) is 4.57 Å². The summed E-state index contributed by atoms with van der Waals surface area (Å²) in [5.74, 6) is -0.341. The molecule has 5 nitrogen and oxygen atoms in total. The number of aromatic nitrogens is 2. The summed E-state index contributed by atoms with van der Waals surface area (Å²) < 4.78 is 6.58. The summed E-state index contributed by atoms with van der Waals surface area (Å²) in [6.07, 6.45) is 2.44. The van der Waals surface area contributed by atoms with Gasteiger partial charge < -0.3 is 9.72 Å². The fourth-order valence-corrected chi connectivity index (χ4v) is 1.80. The van der Waals surface area contributed by atoms with Gasteiger partial charge in [-0.2, -0.15) is 0 Å². The number of ether oxygens (including phenoxy) is 1. The van der Waals surface area contributed by atoms with Gasteiger partial charge in [-0.25, -0.2) is 9.59 Å². The molecule has 0 aliphatic carbocycles. The van der Waals surface area contributed by atoms with Crippen molar-refractivity contribution in [3.05, 3.63) is 52.2 Å². The summed E-state index contributed by atoms with van der Waals surface area (Å²) in [7, 11) is 0. The van der Waals surface area contributed by atoms with Crippen LogP contribution in [0, 0.1) is 6.92 Å². The van der Waals surface area contributed by atoms with Crippen molar-refractivity contribution >= 4 is 5.97 Å². The molecule has 0 radical (unpaired) electrons. The molecule has 100 valence electrons. The highest BCUT2D eigenvalue weighted by Gasteiger charge is 2.08. The Morgan fingerprint density at radius 2 is 2.00 bits per heavy atom. The standard InChI is InChI=1S/C14H16N2O3/c1-3-8-19-13(17)11-4-6-12(7-5-11)16-10(2)9-15-14(16)18/h4-7,9H,3,8H2,1-2H3,(H,15,18). The highest BCUT2D eigenvalue weighted by molar-refractivity contribution is 5.89. The molecule has 0 fully saturated rings. The lowest BCUT2D eigenvalue weighted by Gasteiger charge is -2.06. The van der Waals surface area contributed by atoms with Gasteiger partial charge in [0.05, 0.1) is 17.9 Å². The minimum Gasteiger partial charge on any atom is -0.462 e. The zero-order chi connectivity index (χ0) is 13.8. The Morgan fingerprint density at radius 3 is 2.53 bits per heavy atom. The van der Waals surface area contributed by atoms with Crippen molar-refractivity contribution in [3.8, 4) is 5.69 Å². The maximum Gasteiger partial charge on any atom is 0.338 e. The lowest BCUT2D eigenvalue weighted by atomic mass is 10.2. The number of aryl methyl sites for hydroxylation is 1. The molecular formula is C14H16N2O3. The Kier molecular flexibility index (Phi) is 3.85. The lowest BCUT2D eigenvalue weighted by Crippen LogP contribution is -2.16. The average Bonchev–Trinajstić information content (AvgIpc) is 2.76. The van der Waals surface area contributed by atoms with E-state index in [0.717, 1.165) is 17.8 Å². The monoisotopic (exact) mass is 260 g/mol. The normalized spacial score (nSPS) is 10.4. The van der Waals surface area contributed by atoms with Gasteiger partial charge in [-0.05, 0) is 37.6 Å². The number of hydrogen-bond donors (Lipinski definition) is 1. The van der Waals surface area contributed by atoms with Gasteiger partial charge in [-0.1, -0.05) is 6.92 Å². The highest BCUT2D eigenvalue weighted by atomic mass is 16.5. The van der Waals surface area contributed by atoms with Crippen LogP contribution in [0.3, 0.4) is 0 Å². The summed E-state index contributed by atoms with van der Waals surface area (Å²) in [6.45, 7) is 4.19. The molecule has 1 heterocycles. The van der Waals surface area contributed by atoms with Crippen LogP contribution < -0.4 is 5.69 Å². The van der Waals surface area contributed by atoms with E-state index in [-0.39, 0.29) is 11.7 Å². The largest absolute Gasteiger partial charge is 0.462 e. The van der Waals surface area contributed by atoms with E-state index in [1.54, 1.807) is 35.0 Å². The number of nitrogens with one attached hydrogen (secondary N) is 1. The second kappa shape index (κ2) is 5.56. The summed E-state index contributed by atoms with van der Waals surface area (Å²) >= 11 is 0. The van der Waals surface area contributed by atoms with Gasteiger partial charge in [-0.15, -0.1) is 0 Å². The molecule has 0 aliphatic heterocycles. The maximum atomic E-state index is 11.6. The van der Waals surface area contributed by atoms with Crippen LogP contribution in [0.15, 0.2) is 35.3 Å². The fraction of sp³-hybridized carbons (Fsp3) is 0.286. The third-order valence-corrected chi connectivity index (χ3v) is 2.76. The molecule has 1 N–H and O–H groups in total. The summed E-state index contributed by atoms with van der Waals surface area (Å²) in [5, 5.41) is 0. The predicted molar refractivity (Wildman–Crippen MR) is 71.7 cm³/mol. The molecule has 0 amide bonds. The third kappa shape index (κ3) is 2.76. The molecule has 0 unspecified atom stereocenters. The zero-order valence-electron chi connectivity index (χ0n) is 11.0. The average molecular weight is 260 g/mol. The Labute approximate surface area is 110 Å². The van der Waals surface area contributed by atoms with Crippen LogP contribution >= 0.6 is 0 Å². The van der Waals surface area contributed by atoms with E-state index in [2.05, 4.69) is 4.98 Å². The molecule has 2 rings (SSSR count). The summed E-state index contributed by atoms with van der Waals surface area (Å²) in [5.41, 5.74) is 1.82. The van der Waals surface area contributed by atoms with Crippen LogP contribution in [0.5, 0.6) is 0 Å². The smallest absolute Gasteiger partial charge is 0.338 e. The minimum absolute atomic E-state index is 0.196.